The van der Waals surface area contributed by atoms with E-state index in [4.69, 9.17) is 14.5 Å². The van der Waals surface area contributed by atoms with E-state index in [2.05, 4.69) is 37.1 Å². The molecule has 146 valence electrons. The van der Waals surface area contributed by atoms with Gasteiger partial charge in [0.25, 0.3) is 0 Å². The zero-order valence-corrected chi connectivity index (χ0v) is 16.5. The molecule has 1 aliphatic heterocycles. The van der Waals surface area contributed by atoms with Crippen LogP contribution in [0.25, 0.3) is 0 Å². The summed E-state index contributed by atoms with van der Waals surface area (Å²) >= 11 is 0. The van der Waals surface area contributed by atoms with Crippen LogP contribution < -0.4 is 14.8 Å². The van der Waals surface area contributed by atoms with Gasteiger partial charge in [-0.15, -0.1) is 0 Å². The minimum Gasteiger partial charge on any atom is -0.454 e. The van der Waals surface area contributed by atoms with Crippen LogP contribution in [-0.2, 0) is 6.54 Å². The summed E-state index contributed by atoms with van der Waals surface area (Å²) in [6, 6.07) is 6.03. The van der Waals surface area contributed by atoms with Gasteiger partial charge < -0.3 is 24.8 Å². The van der Waals surface area contributed by atoms with E-state index in [1.807, 2.05) is 19.2 Å². The average Bonchev–Trinajstić information content (AvgIpc) is 3.05. The highest BCUT2D eigenvalue weighted by molar-refractivity contribution is 5.79. The Balaban J connectivity index is 2.01. The number of aliphatic hydroxyl groups is 1. The van der Waals surface area contributed by atoms with Gasteiger partial charge in [-0.05, 0) is 49.3 Å². The molecule has 2 rings (SSSR count). The second kappa shape index (κ2) is 10.3. The molecule has 6 heteroatoms. The van der Waals surface area contributed by atoms with E-state index in [0.29, 0.717) is 18.6 Å². The van der Waals surface area contributed by atoms with E-state index in [-0.39, 0.29) is 6.61 Å². The first kappa shape index (κ1) is 20.4. The van der Waals surface area contributed by atoms with Crippen molar-refractivity contribution in [1.82, 2.24) is 10.2 Å². The normalized spacial score (nSPS) is 14.6. The first-order chi connectivity index (χ1) is 12.5. The molecule has 6 nitrogen and oxygen atoms in total. The quantitative estimate of drug-likeness (QED) is 0.522. The Hall–Kier alpha value is -1.95. The van der Waals surface area contributed by atoms with Crippen LogP contribution in [0, 0.1) is 11.8 Å². The van der Waals surface area contributed by atoms with Crippen LogP contribution >= 0.6 is 0 Å². The van der Waals surface area contributed by atoms with Crippen molar-refractivity contribution >= 4 is 5.96 Å². The third kappa shape index (κ3) is 6.09. The van der Waals surface area contributed by atoms with E-state index in [9.17, 15) is 5.11 Å². The highest BCUT2D eigenvalue weighted by Crippen LogP contribution is 2.32. The summed E-state index contributed by atoms with van der Waals surface area (Å²) in [5.41, 5.74) is 1.15. The Bertz CT molecular complexity index is 590. The zero-order valence-electron chi connectivity index (χ0n) is 16.5. The SMILES string of the molecule is CCNC(=NCC(CCO)CC(C)C)N(C)Cc1ccc2c(c1)OCO2. The molecule has 2 N–H and O–H groups in total. The fourth-order valence-electron chi connectivity index (χ4n) is 3.21. The van der Waals surface area contributed by atoms with Crippen molar-refractivity contribution in [2.45, 2.75) is 40.2 Å². The molecule has 1 aromatic rings. The number of benzene rings is 1. The molecule has 0 aliphatic carbocycles. The van der Waals surface area contributed by atoms with Crippen LogP contribution in [0.5, 0.6) is 11.5 Å². The van der Waals surface area contributed by atoms with Crippen LogP contribution in [0.1, 0.15) is 39.2 Å². The van der Waals surface area contributed by atoms with Gasteiger partial charge in [-0.1, -0.05) is 19.9 Å². The highest BCUT2D eigenvalue weighted by Gasteiger charge is 2.15. The maximum absolute atomic E-state index is 9.30. The first-order valence-corrected chi connectivity index (χ1v) is 9.52. The molecular formula is C20H33N3O3. The smallest absolute Gasteiger partial charge is 0.231 e. The third-order valence-electron chi connectivity index (χ3n) is 4.39. The second-order valence-corrected chi connectivity index (χ2v) is 7.25. The molecule has 0 aromatic heterocycles. The standard InChI is InChI=1S/C20H33N3O3/c1-5-21-20(22-12-16(8-9-24)10-15(2)3)23(4)13-17-6-7-18-19(11-17)26-14-25-18/h6-7,11,15-16,24H,5,8-10,12-14H2,1-4H3,(H,21,22). The molecule has 1 aliphatic rings. The Morgan fingerprint density at radius 1 is 1.31 bits per heavy atom. The van der Waals surface area contributed by atoms with Crippen molar-refractivity contribution in [3.63, 3.8) is 0 Å². The molecule has 0 saturated heterocycles. The number of hydrogen-bond acceptors (Lipinski definition) is 4. The second-order valence-electron chi connectivity index (χ2n) is 7.25. The van der Waals surface area contributed by atoms with Gasteiger partial charge in [-0.25, -0.2) is 0 Å². The lowest BCUT2D eigenvalue weighted by atomic mass is 9.94. The molecule has 1 unspecified atom stereocenters. The number of fused-ring (bicyclic) bond motifs is 1. The first-order valence-electron chi connectivity index (χ1n) is 9.52. The zero-order chi connectivity index (χ0) is 18.9. The minimum atomic E-state index is 0.219. The summed E-state index contributed by atoms with van der Waals surface area (Å²) in [6.45, 7) is 9.29. The van der Waals surface area contributed by atoms with E-state index in [1.54, 1.807) is 0 Å². The van der Waals surface area contributed by atoms with E-state index >= 15 is 0 Å². The van der Waals surface area contributed by atoms with Gasteiger partial charge in [-0.3, -0.25) is 4.99 Å². The number of aliphatic hydroxyl groups excluding tert-OH is 1. The van der Waals surface area contributed by atoms with E-state index in [0.717, 1.165) is 55.5 Å². The Morgan fingerprint density at radius 3 is 2.77 bits per heavy atom. The highest BCUT2D eigenvalue weighted by atomic mass is 16.7. The van der Waals surface area contributed by atoms with Crippen molar-refractivity contribution in [1.29, 1.82) is 0 Å². The van der Waals surface area contributed by atoms with Crippen LogP contribution in [0.2, 0.25) is 0 Å². The summed E-state index contributed by atoms with van der Waals surface area (Å²) in [6.07, 6.45) is 1.88. The van der Waals surface area contributed by atoms with Crippen molar-refractivity contribution in [3.8, 4) is 11.5 Å². The Morgan fingerprint density at radius 2 is 2.08 bits per heavy atom. The lowest BCUT2D eigenvalue weighted by Gasteiger charge is -2.23. The van der Waals surface area contributed by atoms with Crippen LogP contribution in [0.4, 0.5) is 0 Å². The van der Waals surface area contributed by atoms with Crippen molar-refractivity contribution in [3.05, 3.63) is 23.8 Å². The summed E-state index contributed by atoms with van der Waals surface area (Å²) in [5, 5.41) is 12.7. The molecule has 0 amide bonds. The fraction of sp³-hybridized carbons (Fsp3) is 0.650. The summed E-state index contributed by atoms with van der Waals surface area (Å²) in [7, 11) is 2.04. The number of rotatable bonds is 9. The number of nitrogens with zero attached hydrogens (tertiary/aromatic N) is 2. The maximum Gasteiger partial charge on any atom is 0.231 e. The van der Waals surface area contributed by atoms with Gasteiger partial charge in [0.2, 0.25) is 6.79 Å². The predicted octanol–water partition coefficient (Wildman–Crippen LogP) is 2.86. The maximum atomic E-state index is 9.30. The monoisotopic (exact) mass is 363 g/mol. The minimum absolute atomic E-state index is 0.219. The van der Waals surface area contributed by atoms with Gasteiger partial charge in [0.1, 0.15) is 0 Å². The topological polar surface area (TPSA) is 66.3 Å². The van der Waals surface area contributed by atoms with Gasteiger partial charge >= 0.3 is 0 Å². The molecule has 1 heterocycles. The fourth-order valence-corrected chi connectivity index (χ4v) is 3.21. The molecule has 0 radical (unpaired) electrons. The summed E-state index contributed by atoms with van der Waals surface area (Å²) in [5.74, 6) is 3.51. The van der Waals surface area contributed by atoms with Gasteiger partial charge in [0, 0.05) is 33.3 Å². The summed E-state index contributed by atoms with van der Waals surface area (Å²) < 4.78 is 10.8. The largest absolute Gasteiger partial charge is 0.454 e. The summed E-state index contributed by atoms with van der Waals surface area (Å²) in [4.78, 5) is 6.94. The molecule has 0 fully saturated rings. The molecule has 1 atom stereocenters. The van der Waals surface area contributed by atoms with Crippen molar-refractivity contribution in [2.24, 2.45) is 16.8 Å². The van der Waals surface area contributed by atoms with Crippen LogP contribution in [0.15, 0.2) is 23.2 Å². The molecule has 0 bridgehead atoms. The average molecular weight is 364 g/mol. The molecule has 0 spiro atoms. The van der Waals surface area contributed by atoms with Gasteiger partial charge in [0.15, 0.2) is 17.5 Å². The molecule has 1 aromatic carbocycles. The van der Waals surface area contributed by atoms with E-state index < -0.39 is 0 Å². The lowest BCUT2D eigenvalue weighted by molar-refractivity contribution is 0.174. The number of ether oxygens (including phenoxy) is 2. The number of guanidine groups is 1. The number of hydrogen-bond donors (Lipinski definition) is 2. The van der Waals surface area contributed by atoms with Gasteiger partial charge in [-0.2, -0.15) is 0 Å². The van der Waals surface area contributed by atoms with Crippen molar-refractivity contribution in [2.75, 3.05) is 33.5 Å². The third-order valence-corrected chi connectivity index (χ3v) is 4.39. The molecule has 0 saturated carbocycles. The van der Waals surface area contributed by atoms with Crippen LogP contribution in [-0.4, -0.2) is 49.5 Å². The number of aliphatic imine (C=N–C) groups is 1. The Kier molecular flexibility index (Phi) is 8.04. The van der Waals surface area contributed by atoms with Crippen molar-refractivity contribution < 1.29 is 14.6 Å². The molecular weight excluding hydrogens is 330 g/mol. The lowest BCUT2D eigenvalue weighted by Crippen LogP contribution is -2.38. The predicted molar refractivity (Wildman–Crippen MR) is 105 cm³/mol. The number of nitrogens with one attached hydrogen (secondary N) is 1. The van der Waals surface area contributed by atoms with Crippen LogP contribution in [0.3, 0.4) is 0 Å². The molecule has 26 heavy (non-hydrogen) atoms. The Labute approximate surface area is 157 Å². The van der Waals surface area contributed by atoms with E-state index in [1.165, 1.54) is 0 Å². The van der Waals surface area contributed by atoms with Gasteiger partial charge in [0.05, 0.1) is 0 Å².